The van der Waals surface area contributed by atoms with Crippen molar-refractivity contribution in [2.75, 3.05) is 7.11 Å². The first-order valence-corrected chi connectivity index (χ1v) is 9.59. The Kier molecular flexibility index (Phi) is 3.80. The summed E-state index contributed by atoms with van der Waals surface area (Å²) >= 11 is 2.80. The predicted molar refractivity (Wildman–Crippen MR) is 99.0 cm³/mol. The van der Waals surface area contributed by atoms with Gasteiger partial charge in [-0.25, -0.2) is 18.9 Å². The number of imidazole rings is 1. The van der Waals surface area contributed by atoms with E-state index in [2.05, 4.69) is 15.1 Å². The van der Waals surface area contributed by atoms with Crippen molar-refractivity contribution in [3.63, 3.8) is 0 Å². The van der Waals surface area contributed by atoms with E-state index in [0.717, 1.165) is 5.69 Å². The van der Waals surface area contributed by atoms with Crippen LogP contribution >= 0.6 is 22.7 Å². The van der Waals surface area contributed by atoms with Crippen LogP contribution in [0.15, 0.2) is 39.7 Å². The fraction of sp³-hybridized carbons (Fsp3) is 0.118. The number of aromatic nitrogens is 4. The number of hydrogen-bond acceptors (Lipinski definition) is 8. The van der Waals surface area contributed by atoms with E-state index in [9.17, 15) is 4.39 Å². The molecule has 0 radical (unpaired) electrons. The molecule has 5 aromatic rings. The third-order valence-corrected chi connectivity index (χ3v) is 5.39. The molecule has 0 saturated carbocycles. The summed E-state index contributed by atoms with van der Waals surface area (Å²) in [6, 6.07) is 4.45. The van der Waals surface area contributed by atoms with Crippen molar-refractivity contribution < 1.29 is 18.3 Å². The van der Waals surface area contributed by atoms with Crippen LogP contribution in [0.1, 0.15) is 5.69 Å². The molecule has 0 aliphatic carbocycles. The van der Waals surface area contributed by atoms with Crippen molar-refractivity contribution >= 4 is 38.6 Å². The molecule has 1 aromatic carbocycles. The van der Waals surface area contributed by atoms with Crippen molar-refractivity contribution in [2.24, 2.45) is 0 Å². The summed E-state index contributed by atoms with van der Waals surface area (Å²) in [7, 11) is 1.56. The molecule has 4 aromatic heterocycles. The second kappa shape index (κ2) is 6.32. The monoisotopic (exact) mass is 402 g/mol. The number of nitrogens with zero attached hydrogens (tertiary/aromatic N) is 4. The van der Waals surface area contributed by atoms with Crippen LogP contribution in [-0.4, -0.2) is 26.7 Å². The lowest BCUT2D eigenvalue weighted by Crippen LogP contribution is -1.96. The van der Waals surface area contributed by atoms with Crippen LogP contribution in [0, 0.1) is 5.82 Å². The minimum absolute atomic E-state index is 0.256. The van der Waals surface area contributed by atoms with Crippen molar-refractivity contribution in [2.45, 2.75) is 6.61 Å². The number of thiazole rings is 1. The fourth-order valence-electron chi connectivity index (χ4n) is 2.66. The van der Waals surface area contributed by atoms with Gasteiger partial charge in [-0.15, -0.1) is 16.4 Å². The van der Waals surface area contributed by atoms with E-state index in [-0.39, 0.29) is 6.61 Å². The highest BCUT2D eigenvalue weighted by Crippen LogP contribution is 2.35. The van der Waals surface area contributed by atoms with Crippen molar-refractivity contribution in [1.82, 2.24) is 19.6 Å². The first-order chi connectivity index (χ1) is 13.2. The van der Waals surface area contributed by atoms with Crippen LogP contribution in [0.3, 0.4) is 0 Å². The number of fused-ring (bicyclic) bond motifs is 2. The molecule has 136 valence electrons. The van der Waals surface area contributed by atoms with E-state index in [1.54, 1.807) is 29.4 Å². The summed E-state index contributed by atoms with van der Waals surface area (Å²) in [4.78, 5) is 9.33. The van der Waals surface area contributed by atoms with E-state index < -0.39 is 5.82 Å². The molecule has 7 nitrogen and oxygen atoms in total. The highest BCUT2D eigenvalue weighted by atomic mass is 32.1. The SMILES string of the molecule is COc1nn2cc(-c3cc4c(OCc5cscn5)cc(F)cc4o3)nc2s1. The van der Waals surface area contributed by atoms with E-state index >= 15 is 0 Å². The Morgan fingerprint density at radius 1 is 1.30 bits per heavy atom. The molecule has 0 bridgehead atoms. The average Bonchev–Trinajstić information content (AvgIpc) is 3.40. The quantitative estimate of drug-likeness (QED) is 0.434. The number of ether oxygens (including phenoxy) is 2. The minimum Gasteiger partial charge on any atom is -0.486 e. The molecule has 0 atom stereocenters. The van der Waals surface area contributed by atoms with Gasteiger partial charge in [-0.3, -0.25) is 0 Å². The maximum Gasteiger partial charge on any atom is 0.294 e. The molecule has 0 fully saturated rings. The third-order valence-electron chi connectivity index (χ3n) is 3.87. The van der Waals surface area contributed by atoms with Gasteiger partial charge in [0.05, 0.1) is 29.9 Å². The molecule has 0 aliphatic heterocycles. The Morgan fingerprint density at radius 2 is 2.22 bits per heavy atom. The summed E-state index contributed by atoms with van der Waals surface area (Å²) in [5.74, 6) is 0.466. The van der Waals surface area contributed by atoms with Crippen molar-refractivity contribution in [3.8, 4) is 22.4 Å². The van der Waals surface area contributed by atoms with Gasteiger partial charge in [-0.1, -0.05) is 0 Å². The summed E-state index contributed by atoms with van der Waals surface area (Å²) < 4.78 is 32.3. The minimum atomic E-state index is -0.436. The second-order valence-corrected chi connectivity index (χ2v) is 7.26. The fourth-order valence-corrected chi connectivity index (χ4v) is 3.91. The molecule has 27 heavy (non-hydrogen) atoms. The van der Waals surface area contributed by atoms with Gasteiger partial charge in [-0.05, 0) is 17.4 Å². The highest BCUT2D eigenvalue weighted by molar-refractivity contribution is 7.18. The number of methoxy groups -OCH3 is 1. The number of rotatable bonds is 5. The lowest BCUT2D eigenvalue weighted by molar-refractivity contribution is 0.304. The van der Waals surface area contributed by atoms with E-state index in [1.165, 1.54) is 34.8 Å². The Morgan fingerprint density at radius 3 is 3.00 bits per heavy atom. The zero-order valence-electron chi connectivity index (χ0n) is 13.9. The largest absolute Gasteiger partial charge is 0.486 e. The van der Waals surface area contributed by atoms with Crippen molar-refractivity contribution in [1.29, 1.82) is 0 Å². The Labute approximate surface area is 159 Å². The highest BCUT2D eigenvalue weighted by Gasteiger charge is 2.17. The lowest BCUT2D eigenvalue weighted by atomic mass is 10.2. The smallest absolute Gasteiger partial charge is 0.294 e. The topological polar surface area (TPSA) is 74.7 Å². The average molecular weight is 402 g/mol. The van der Waals surface area contributed by atoms with Crippen LogP contribution in [0.4, 0.5) is 4.39 Å². The van der Waals surface area contributed by atoms with Crippen LogP contribution in [0.25, 0.3) is 27.4 Å². The maximum absolute atomic E-state index is 14.0. The van der Waals surface area contributed by atoms with Gasteiger partial charge >= 0.3 is 0 Å². The molecule has 0 amide bonds. The van der Waals surface area contributed by atoms with Crippen LogP contribution in [0.2, 0.25) is 0 Å². The third kappa shape index (κ3) is 2.92. The van der Waals surface area contributed by atoms with Gasteiger partial charge in [0.15, 0.2) is 5.76 Å². The van der Waals surface area contributed by atoms with Crippen LogP contribution < -0.4 is 9.47 Å². The van der Waals surface area contributed by atoms with Gasteiger partial charge in [0.25, 0.3) is 5.19 Å². The molecule has 10 heteroatoms. The standard InChI is InChI=1S/C17H11FN4O3S2/c1-23-17-21-22-5-12(20-16(22)27-17)15-4-11-13(2-9(18)3-14(11)25-15)24-6-10-7-26-8-19-10/h2-5,7-8H,6H2,1H3. The molecule has 0 N–H and O–H groups in total. The number of hydrogen-bond donors (Lipinski definition) is 0. The van der Waals surface area contributed by atoms with E-state index in [1.807, 2.05) is 5.38 Å². The van der Waals surface area contributed by atoms with Crippen LogP contribution in [-0.2, 0) is 6.61 Å². The van der Waals surface area contributed by atoms with E-state index in [0.29, 0.717) is 38.3 Å². The van der Waals surface area contributed by atoms with Gasteiger partial charge in [0.2, 0.25) is 4.96 Å². The molecule has 4 heterocycles. The predicted octanol–water partition coefficient (Wildman–Crippen LogP) is 4.39. The summed E-state index contributed by atoms with van der Waals surface area (Å²) in [6.45, 7) is 0.256. The van der Waals surface area contributed by atoms with Gasteiger partial charge in [0.1, 0.15) is 29.5 Å². The number of benzene rings is 1. The van der Waals surface area contributed by atoms with E-state index in [4.69, 9.17) is 13.9 Å². The van der Waals surface area contributed by atoms with Gasteiger partial charge < -0.3 is 13.9 Å². The molecule has 0 saturated heterocycles. The molecule has 0 aliphatic rings. The summed E-state index contributed by atoms with van der Waals surface area (Å²) in [6.07, 6.45) is 1.73. The normalized spacial score (nSPS) is 11.5. The summed E-state index contributed by atoms with van der Waals surface area (Å²) in [5, 5.41) is 7.32. The second-order valence-electron chi connectivity index (χ2n) is 5.62. The van der Waals surface area contributed by atoms with Crippen LogP contribution in [0.5, 0.6) is 10.9 Å². The van der Waals surface area contributed by atoms with Crippen molar-refractivity contribution in [3.05, 3.63) is 46.8 Å². The zero-order chi connectivity index (χ0) is 18.4. The number of halogens is 1. The molecular formula is C17H11FN4O3S2. The lowest BCUT2D eigenvalue weighted by Gasteiger charge is -2.05. The van der Waals surface area contributed by atoms with Gasteiger partial charge in [-0.2, -0.15) is 0 Å². The first-order valence-electron chi connectivity index (χ1n) is 7.83. The maximum atomic E-state index is 14.0. The Bertz CT molecular complexity index is 1210. The van der Waals surface area contributed by atoms with Gasteiger partial charge in [0, 0.05) is 17.5 Å². The Hall–Kier alpha value is -2.98. The molecule has 0 unspecified atom stereocenters. The molecule has 0 spiro atoms. The molecule has 5 rings (SSSR count). The Balaban J connectivity index is 1.53. The number of furan rings is 1. The zero-order valence-corrected chi connectivity index (χ0v) is 15.5. The summed E-state index contributed by atoms with van der Waals surface area (Å²) in [5.41, 5.74) is 3.50. The first kappa shape index (κ1) is 16.2. The molecular weight excluding hydrogens is 391 g/mol.